The molecule has 0 bridgehead atoms. The predicted molar refractivity (Wildman–Crippen MR) is 149 cm³/mol. The standard InChI is InChI=1S/C33H23N3O/c1-4-12-22(13-5-1)25-20-21-27(29-26-18-10-11-19-28(26)37-30(25)29)33-35-31(23-14-6-2-7-15-23)34-32(36-33)24-16-8-3-9-17-24/h1-16,18-21,24H,17H2. The van der Waals surface area contributed by atoms with E-state index in [4.69, 9.17) is 19.4 Å². The van der Waals surface area contributed by atoms with Gasteiger partial charge in [-0.3, -0.25) is 0 Å². The van der Waals surface area contributed by atoms with Crippen LogP contribution in [0.15, 0.2) is 126 Å². The lowest BCUT2D eigenvalue weighted by atomic mass is 9.97. The summed E-state index contributed by atoms with van der Waals surface area (Å²) in [5.41, 5.74) is 5.76. The van der Waals surface area contributed by atoms with Crippen molar-refractivity contribution in [1.82, 2.24) is 15.0 Å². The molecule has 7 rings (SSSR count). The SMILES string of the molecule is C1=CCC(c2nc(-c3ccccc3)nc(-c3ccc(-c4ccccc4)c4oc5ccccc5c34)n2)C=C1. The van der Waals surface area contributed by atoms with E-state index in [2.05, 4.69) is 54.6 Å². The van der Waals surface area contributed by atoms with Crippen molar-refractivity contribution in [1.29, 1.82) is 0 Å². The third-order valence-corrected chi connectivity index (χ3v) is 6.85. The first-order valence-electron chi connectivity index (χ1n) is 12.5. The highest BCUT2D eigenvalue weighted by Gasteiger charge is 2.21. The monoisotopic (exact) mass is 477 g/mol. The molecule has 37 heavy (non-hydrogen) atoms. The van der Waals surface area contributed by atoms with Gasteiger partial charge in [0.15, 0.2) is 11.6 Å². The first-order valence-corrected chi connectivity index (χ1v) is 12.5. The highest BCUT2D eigenvalue weighted by molar-refractivity contribution is 6.15. The van der Waals surface area contributed by atoms with Crippen molar-refractivity contribution in [2.75, 3.05) is 0 Å². The Labute approximate surface area is 214 Å². The Balaban J connectivity index is 1.51. The molecule has 0 saturated carbocycles. The van der Waals surface area contributed by atoms with Crippen LogP contribution in [0, 0.1) is 0 Å². The van der Waals surface area contributed by atoms with Gasteiger partial charge in [-0.2, -0.15) is 0 Å². The van der Waals surface area contributed by atoms with Gasteiger partial charge in [0.1, 0.15) is 17.0 Å². The van der Waals surface area contributed by atoms with Gasteiger partial charge in [0.2, 0.25) is 0 Å². The molecule has 1 atom stereocenters. The van der Waals surface area contributed by atoms with Crippen molar-refractivity contribution in [3.63, 3.8) is 0 Å². The molecule has 6 aromatic rings. The smallest absolute Gasteiger partial charge is 0.164 e. The van der Waals surface area contributed by atoms with E-state index < -0.39 is 0 Å². The van der Waals surface area contributed by atoms with E-state index in [0.717, 1.165) is 56.4 Å². The number of furan rings is 1. The van der Waals surface area contributed by atoms with E-state index in [9.17, 15) is 0 Å². The molecule has 2 heterocycles. The number of nitrogens with zero attached hydrogens (tertiary/aromatic N) is 3. The van der Waals surface area contributed by atoms with Crippen molar-refractivity contribution >= 4 is 21.9 Å². The lowest BCUT2D eigenvalue weighted by molar-refractivity contribution is 0.670. The summed E-state index contributed by atoms with van der Waals surface area (Å²) in [7, 11) is 0. The second-order valence-corrected chi connectivity index (χ2v) is 9.19. The summed E-state index contributed by atoms with van der Waals surface area (Å²) in [6.45, 7) is 0. The van der Waals surface area contributed by atoms with Crippen LogP contribution in [0.2, 0.25) is 0 Å². The van der Waals surface area contributed by atoms with Crippen LogP contribution in [0.1, 0.15) is 18.2 Å². The second-order valence-electron chi connectivity index (χ2n) is 9.19. The Morgan fingerprint density at radius 1 is 0.622 bits per heavy atom. The zero-order valence-corrected chi connectivity index (χ0v) is 20.1. The van der Waals surface area contributed by atoms with Gasteiger partial charge < -0.3 is 4.42 Å². The van der Waals surface area contributed by atoms with Crippen LogP contribution in [-0.4, -0.2) is 15.0 Å². The number of para-hydroxylation sites is 1. The first kappa shape index (κ1) is 21.5. The average Bonchev–Trinajstić information content (AvgIpc) is 3.38. The summed E-state index contributed by atoms with van der Waals surface area (Å²) >= 11 is 0. The number of fused-ring (bicyclic) bond motifs is 3. The summed E-state index contributed by atoms with van der Waals surface area (Å²) in [5.74, 6) is 2.21. The summed E-state index contributed by atoms with van der Waals surface area (Å²) < 4.78 is 6.47. The van der Waals surface area contributed by atoms with Crippen molar-refractivity contribution in [3.05, 3.63) is 127 Å². The summed E-state index contributed by atoms with van der Waals surface area (Å²) in [5, 5.41) is 2.07. The number of allylic oxidation sites excluding steroid dienone is 4. The maximum Gasteiger partial charge on any atom is 0.164 e. The molecule has 0 saturated heterocycles. The highest BCUT2D eigenvalue weighted by Crippen LogP contribution is 2.41. The minimum atomic E-state index is 0.106. The highest BCUT2D eigenvalue weighted by atomic mass is 16.3. The van der Waals surface area contributed by atoms with Gasteiger partial charge in [-0.05, 0) is 30.2 Å². The van der Waals surface area contributed by atoms with Crippen molar-refractivity contribution in [3.8, 4) is 33.9 Å². The molecular formula is C33H23N3O. The Bertz CT molecular complexity index is 1800. The van der Waals surface area contributed by atoms with E-state index in [-0.39, 0.29) is 5.92 Å². The maximum absolute atomic E-state index is 6.47. The van der Waals surface area contributed by atoms with Gasteiger partial charge >= 0.3 is 0 Å². The molecule has 0 N–H and O–H groups in total. The lowest BCUT2D eigenvalue weighted by Crippen LogP contribution is -2.08. The fourth-order valence-corrected chi connectivity index (χ4v) is 5.03. The van der Waals surface area contributed by atoms with Crippen LogP contribution >= 0.6 is 0 Å². The molecule has 1 unspecified atom stereocenters. The third-order valence-electron chi connectivity index (χ3n) is 6.85. The van der Waals surface area contributed by atoms with Gasteiger partial charge in [0, 0.05) is 33.4 Å². The number of aromatic nitrogens is 3. The molecule has 0 fully saturated rings. The van der Waals surface area contributed by atoms with Gasteiger partial charge in [0.25, 0.3) is 0 Å². The Morgan fingerprint density at radius 2 is 1.32 bits per heavy atom. The predicted octanol–water partition coefficient (Wildman–Crippen LogP) is 8.37. The minimum absolute atomic E-state index is 0.106. The number of hydrogen-bond acceptors (Lipinski definition) is 4. The van der Waals surface area contributed by atoms with E-state index in [1.54, 1.807) is 0 Å². The molecule has 0 aliphatic heterocycles. The minimum Gasteiger partial charge on any atom is -0.455 e. The molecule has 0 amide bonds. The van der Waals surface area contributed by atoms with Crippen LogP contribution in [0.5, 0.6) is 0 Å². The van der Waals surface area contributed by atoms with Crippen LogP contribution in [0.25, 0.3) is 55.8 Å². The number of hydrogen-bond donors (Lipinski definition) is 0. The normalized spacial score (nSPS) is 15.0. The molecule has 4 aromatic carbocycles. The molecule has 4 nitrogen and oxygen atoms in total. The molecular weight excluding hydrogens is 454 g/mol. The topological polar surface area (TPSA) is 51.8 Å². The molecule has 4 heteroatoms. The largest absolute Gasteiger partial charge is 0.455 e. The Morgan fingerprint density at radius 3 is 2.11 bits per heavy atom. The zero-order chi connectivity index (χ0) is 24.6. The number of benzene rings is 4. The van der Waals surface area contributed by atoms with Crippen LogP contribution in [-0.2, 0) is 0 Å². The van der Waals surface area contributed by atoms with Crippen LogP contribution in [0.3, 0.4) is 0 Å². The first-order chi connectivity index (χ1) is 18.3. The molecule has 1 aliphatic rings. The summed E-state index contributed by atoms with van der Waals surface area (Å²) in [6, 6.07) is 32.9. The lowest BCUT2D eigenvalue weighted by Gasteiger charge is -2.15. The quantitative estimate of drug-likeness (QED) is 0.256. The summed E-state index contributed by atoms with van der Waals surface area (Å²) in [4.78, 5) is 15.0. The zero-order valence-electron chi connectivity index (χ0n) is 20.1. The van der Waals surface area contributed by atoms with Gasteiger partial charge in [-0.1, -0.05) is 103 Å². The van der Waals surface area contributed by atoms with Gasteiger partial charge in [-0.25, -0.2) is 15.0 Å². The van der Waals surface area contributed by atoms with Crippen molar-refractivity contribution in [2.45, 2.75) is 12.3 Å². The van der Waals surface area contributed by atoms with Gasteiger partial charge in [0.05, 0.1) is 0 Å². The summed E-state index contributed by atoms with van der Waals surface area (Å²) in [6.07, 6.45) is 9.32. The van der Waals surface area contributed by atoms with E-state index in [1.165, 1.54) is 0 Å². The molecule has 0 spiro atoms. The molecule has 2 aromatic heterocycles. The molecule has 176 valence electrons. The number of rotatable bonds is 4. The van der Waals surface area contributed by atoms with Crippen molar-refractivity contribution in [2.24, 2.45) is 0 Å². The molecule has 0 radical (unpaired) electrons. The van der Waals surface area contributed by atoms with Crippen LogP contribution in [0.4, 0.5) is 0 Å². The third kappa shape index (κ3) is 3.83. The average molecular weight is 478 g/mol. The Kier molecular flexibility index (Phi) is 5.21. The fraction of sp³-hybridized carbons (Fsp3) is 0.0606. The van der Waals surface area contributed by atoms with Crippen LogP contribution < -0.4 is 0 Å². The van der Waals surface area contributed by atoms with Crippen molar-refractivity contribution < 1.29 is 4.42 Å². The molecule has 1 aliphatic carbocycles. The van der Waals surface area contributed by atoms with Gasteiger partial charge in [-0.15, -0.1) is 0 Å². The fourth-order valence-electron chi connectivity index (χ4n) is 5.03. The maximum atomic E-state index is 6.47. The van der Waals surface area contributed by atoms with E-state index in [0.29, 0.717) is 11.6 Å². The van der Waals surface area contributed by atoms with E-state index >= 15 is 0 Å². The Hall–Kier alpha value is -4.83. The van der Waals surface area contributed by atoms with E-state index in [1.807, 2.05) is 66.7 Å². The second kappa shape index (κ2) is 8.99.